The van der Waals surface area contributed by atoms with Gasteiger partial charge in [-0.2, -0.15) is 0 Å². The Hall–Kier alpha value is -1.55. The van der Waals surface area contributed by atoms with Gasteiger partial charge in [-0.05, 0) is 30.9 Å². The standard InChI is InChI=1S/C14H16ClN3O/c1-10-4-3-7-17(8-10)14(19)11-9-18-12(15)5-2-6-13(18)16-11/h2,5-6,9-10H,3-4,7-8H2,1H3/t10-/m0/s1. The van der Waals surface area contributed by atoms with E-state index in [9.17, 15) is 4.79 Å². The van der Waals surface area contributed by atoms with Gasteiger partial charge in [0, 0.05) is 19.3 Å². The molecule has 0 bridgehead atoms. The zero-order chi connectivity index (χ0) is 13.4. The molecule has 2 aromatic heterocycles. The Balaban J connectivity index is 1.91. The molecule has 1 atom stereocenters. The largest absolute Gasteiger partial charge is 0.337 e. The lowest BCUT2D eigenvalue weighted by atomic mass is 10.0. The van der Waals surface area contributed by atoms with E-state index in [1.165, 1.54) is 6.42 Å². The maximum atomic E-state index is 12.4. The van der Waals surface area contributed by atoms with Gasteiger partial charge in [-0.25, -0.2) is 4.98 Å². The minimum Gasteiger partial charge on any atom is -0.337 e. The number of carbonyl (C=O) groups excluding carboxylic acids is 1. The molecule has 1 amide bonds. The van der Waals surface area contributed by atoms with Gasteiger partial charge < -0.3 is 4.90 Å². The number of rotatable bonds is 1. The molecule has 1 aliphatic heterocycles. The van der Waals surface area contributed by atoms with Crippen LogP contribution in [-0.4, -0.2) is 33.3 Å². The minimum absolute atomic E-state index is 0.00585. The highest BCUT2D eigenvalue weighted by Crippen LogP contribution is 2.19. The molecule has 3 rings (SSSR count). The van der Waals surface area contributed by atoms with E-state index >= 15 is 0 Å². The number of amides is 1. The molecular weight excluding hydrogens is 262 g/mol. The number of hydrogen-bond acceptors (Lipinski definition) is 2. The molecule has 0 radical (unpaired) electrons. The highest BCUT2D eigenvalue weighted by molar-refractivity contribution is 6.29. The smallest absolute Gasteiger partial charge is 0.274 e. The summed E-state index contributed by atoms with van der Waals surface area (Å²) in [5.74, 6) is 0.574. The van der Waals surface area contributed by atoms with Crippen molar-refractivity contribution in [3.63, 3.8) is 0 Å². The molecule has 19 heavy (non-hydrogen) atoms. The molecule has 5 heteroatoms. The van der Waals surface area contributed by atoms with E-state index < -0.39 is 0 Å². The molecule has 0 N–H and O–H groups in total. The fourth-order valence-electron chi connectivity index (χ4n) is 2.62. The van der Waals surface area contributed by atoms with Gasteiger partial charge in [0.05, 0.1) is 0 Å². The summed E-state index contributed by atoms with van der Waals surface area (Å²) < 4.78 is 1.74. The maximum absolute atomic E-state index is 12.4. The first-order valence-electron chi connectivity index (χ1n) is 6.58. The van der Waals surface area contributed by atoms with Crippen molar-refractivity contribution >= 4 is 23.2 Å². The van der Waals surface area contributed by atoms with Gasteiger partial charge in [0.25, 0.3) is 5.91 Å². The molecule has 0 spiro atoms. The molecule has 3 heterocycles. The summed E-state index contributed by atoms with van der Waals surface area (Å²) in [6.07, 6.45) is 3.99. The Labute approximate surface area is 117 Å². The molecule has 100 valence electrons. The number of fused-ring (bicyclic) bond motifs is 1. The molecule has 0 aromatic carbocycles. The number of hydrogen-bond donors (Lipinski definition) is 0. The summed E-state index contributed by atoms with van der Waals surface area (Å²) in [7, 11) is 0. The van der Waals surface area contributed by atoms with Gasteiger partial charge in [-0.1, -0.05) is 24.6 Å². The number of imidazole rings is 1. The Morgan fingerprint density at radius 2 is 2.32 bits per heavy atom. The fraction of sp³-hybridized carbons (Fsp3) is 0.429. The van der Waals surface area contributed by atoms with Gasteiger partial charge in [0.2, 0.25) is 0 Å². The summed E-state index contributed by atoms with van der Waals surface area (Å²) >= 11 is 6.08. The molecule has 0 unspecified atom stereocenters. The van der Waals surface area contributed by atoms with E-state index in [1.807, 2.05) is 17.0 Å². The van der Waals surface area contributed by atoms with Crippen molar-refractivity contribution in [3.8, 4) is 0 Å². The van der Waals surface area contributed by atoms with E-state index in [0.717, 1.165) is 19.5 Å². The molecule has 1 aliphatic rings. The topological polar surface area (TPSA) is 37.6 Å². The first kappa shape index (κ1) is 12.5. The predicted octanol–water partition coefficient (Wildman–Crippen LogP) is 2.86. The number of pyridine rings is 1. The molecule has 4 nitrogen and oxygen atoms in total. The van der Waals surface area contributed by atoms with Gasteiger partial charge in [-0.15, -0.1) is 0 Å². The molecule has 0 saturated carbocycles. The van der Waals surface area contributed by atoms with Crippen LogP contribution in [0.15, 0.2) is 24.4 Å². The van der Waals surface area contributed by atoms with E-state index in [-0.39, 0.29) is 5.91 Å². The van der Waals surface area contributed by atoms with Gasteiger partial charge in [0.15, 0.2) is 0 Å². The SMILES string of the molecule is C[C@H]1CCCN(C(=O)c2cn3c(Cl)cccc3n2)C1. The van der Waals surface area contributed by atoms with Crippen LogP contribution in [0.3, 0.4) is 0 Å². The van der Waals surface area contributed by atoms with Crippen molar-refractivity contribution < 1.29 is 4.79 Å². The summed E-state index contributed by atoms with van der Waals surface area (Å²) in [6.45, 7) is 3.82. The lowest BCUT2D eigenvalue weighted by Gasteiger charge is -2.30. The van der Waals surface area contributed by atoms with Crippen LogP contribution in [-0.2, 0) is 0 Å². The number of nitrogens with zero attached hydrogens (tertiary/aromatic N) is 3. The Morgan fingerprint density at radius 1 is 1.47 bits per heavy atom. The normalized spacial score (nSPS) is 19.9. The van der Waals surface area contributed by atoms with E-state index in [1.54, 1.807) is 16.7 Å². The third kappa shape index (κ3) is 2.32. The van der Waals surface area contributed by atoms with Gasteiger partial charge in [0.1, 0.15) is 16.5 Å². The number of halogens is 1. The van der Waals surface area contributed by atoms with Gasteiger partial charge in [-0.3, -0.25) is 9.20 Å². The van der Waals surface area contributed by atoms with Crippen LogP contribution < -0.4 is 0 Å². The second kappa shape index (κ2) is 4.85. The Morgan fingerprint density at radius 3 is 3.05 bits per heavy atom. The maximum Gasteiger partial charge on any atom is 0.274 e. The Bertz CT molecular complexity index is 622. The van der Waals surface area contributed by atoms with Crippen molar-refractivity contribution in [3.05, 3.63) is 35.2 Å². The highest BCUT2D eigenvalue weighted by atomic mass is 35.5. The minimum atomic E-state index is 0.00585. The van der Waals surface area contributed by atoms with Crippen LogP contribution in [0.1, 0.15) is 30.3 Å². The molecule has 0 aliphatic carbocycles. The summed E-state index contributed by atoms with van der Waals surface area (Å²) in [5, 5.41) is 0.566. The molecule has 1 saturated heterocycles. The van der Waals surface area contributed by atoms with Crippen LogP contribution in [0.4, 0.5) is 0 Å². The quantitative estimate of drug-likeness (QED) is 0.752. The van der Waals surface area contributed by atoms with E-state index in [0.29, 0.717) is 22.4 Å². The fourth-order valence-corrected chi connectivity index (χ4v) is 2.82. The number of likely N-dealkylation sites (tertiary alicyclic amines) is 1. The average molecular weight is 278 g/mol. The summed E-state index contributed by atoms with van der Waals surface area (Å²) in [4.78, 5) is 18.7. The number of carbonyl (C=O) groups is 1. The molecular formula is C14H16ClN3O. The Kier molecular flexibility index (Phi) is 3.19. The average Bonchev–Trinajstić information content (AvgIpc) is 2.83. The van der Waals surface area contributed by atoms with Crippen LogP contribution in [0.25, 0.3) is 5.65 Å². The zero-order valence-corrected chi connectivity index (χ0v) is 11.6. The lowest BCUT2D eigenvalue weighted by molar-refractivity contribution is 0.0678. The van der Waals surface area contributed by atoms with Crippen molar-refractivity contribution in [2.75, 3.05) is 13.1 Å². The molecule has 1 fully saturated rings. The van der Waals surface area contributed by atoms with E-state index in [2.05, 4.69) is 11.9 Å². The van der Waals surface area contributed by atoms with Crippen molar-refractivity contribution in [1.29, 1.82) is 0 Å². The van der Waals surface area contributed by atoms with Crippen LogP contribution in [0, 0.1) is 5.92 Å². The van der Waals surface area contributed by atoms with Crippen LogP contribution in [0.5, 0.6) is 0 Å². The van der Waals surface area contributed by atoms with Crippen LogP contribution in [0.2, 0.25) is 5.15 Å². The summed E-state index contributed by atoms with van der Waals surface area (Å²) in [6, 6.07) is 5.47. The number of piperidine rings is 1. The summed E-state index contributed by atoms with van der Waals surface area (Å²) in [5.41, 5.74) is 1.18. The first-order valence-corrected chi connectivity index (χ1v) is 6.96. The van der Waals surface area contributed by atoms with Gasteiger partial charge >= 0.3 is 0 Å². The van der Waals surface area contributed by atoms with Crippen LogP contribution >= 0.6 is 11.6 Å². The monoisotopic (exact) mass is 277 g/mol. The first-order chi connectivity index (χ1) is 9.15. The predicted molar refractivity (Wildman–Crippen MR) is 74.5 cm³/mol. The van der Waals surface area contributed by atoms with Crippen molar-refractivity contribution in [2.45, 2.75) is 19.8 Å². The number of aromatic nitrogens is 2. The second-order valence-electron chi connectivity index (χ2n) is 5.20. The van der Waals surface area contributed by atoms with E-state index in [4.69, 9.17) is 11.6 Å². The molecule has 2 aromatic rings. The second-order valence-corrected chi connectivity index (χ2v) is 5.59. The van der Waals surface area contributed by atoms with Crippen molar-refractivity contribution in [1.82, 2.24) is 14.3 Å². The zero-order valence-electron chi connectivity index (χ0n) is 10.8. The third-order valence-electron chi connectivity index (χ3n) is 3.61. The lowest BCUT2D eigenvalue weighted by Crippen LogP contribution is -2.39. The third-order valence-corrected chi connectivity index (χ3v) is 3.91. The highest BCUT2D eigenvalue weighted by Gasteiger charge is 2.23. The van der Waals surface area contributed by atoms with Crippen molar-refractivity contribution in [2.24, 2.45) is 5.92 Å².